The van der Waals surface area contributed by atoms with Gasteiger partial charge >= 0.3 is 0 Å². The minimum Gasteiger partial charge on any atom is -0.484 e. The number of rotatable bonds is 9. The summed E-state index contributed by atoms with van der Waals surface area (Å²) < 4.78 is 7.55. The van der Waals surface area contributed by atoms with E-state index in [1.165, 1.54) is 11.8 Å². The Labute approximate surface area is 203 Å². The summed E-state index contributed by atoms with van der Waals surface area (Å²) in [6.45, 7) is 4.33. The summed E-state index contributed by atoms with van der Waals surface area (Å²) in [4.78, 5) is 12.3. The molecule has 6 nitrogen and oxygen atoms in total. The Hall–Kier alpha value is -1.90. The molecule has 0 radical (unpaired) electrons. The molecular formula is C20H16Cl4N4O2S. The highest BCUT2D eigenvalue weighted by molar-refractivity contribution is 7.99. The molecule has 0 aliphatic carbocycles. The van der Waals surface area contributed by atoms with E-state index in [0.717, 1.165) is 0 Å². The van der Waals surface area contributed by atoms with E-state index in [1.54, 1.807) is 42.5 Å². The molecule has 2 aromatic carbocycles. The van der Waals surface area contributed by atoms with E-state index < -0.39 is 0 Å². The van der Waals surface area contributed by atoms with Crippen LogP contribution in [0.5, 0.6) is 5.75 Å². The molecule has 1 N–H and O–H groups in total. The van der Waals surface area contributed by atoms with Gasteiger partial charge in [-0.2, -0.15) is 0 Å². The zero-order valence-corrected chi connectivity index (χ0v) is 19.8. The van der Waals surface area contributed by atoms with E-state index in [4.69, 9.17) is 51.1 Å². The number of amides is 1. The zero-order chi connectivity index (χ0) is 22.4. The summed E-state index contributed by atoms with van der Waals surface area (Å²) in [5.74, 6) is 0.900. The molecule has 3 rings (SSSR count). The Morgan fingerprint density at radius 2 is 1.87 bits per heavy atom. The summed E-state index contributed by atoms with van der Waals surface area (Å²) in [6, 6.07) is 9.83. The molecule has 1 aromatic heterocycles. The number of hydrogen-bond donors (Lipinski definition) is 1. The molecule has 0 atom stereocenters. The van der Waals surface area contributed by atoms with Gasteiger partial charge in [0.05, 0.1) is 20.8 Å². The predicted molar refractivity (Wildman–Crippen MR) is 127 cm³/mol. The first kappa shape index (κ1) is 23.8. The number of carbonyl (C=O) groups is 1. The van der Waals surface area contributed by atoms with Crippen LogP contribution in [-0.2, 0) is 17.9 Å². The van der Waals surface area contributed by atoms with Crippen LogP contribution in [0.25, 0.3) is 0 Å². The smallest absolute Gasteiger partial charge is 0.234 e. The van der Waals surface area contributed by atoms with Gasteiger partial charge in [-0.05, 0) is 30.3 Å². The number of hydrogen-bond acceptors (Lipinski definition) is 5. The van der Waals surface area contributed by atoms with E-state index in [-0.39, 0.29) is 18.3 Å². The minimum atomic E-state index is -0.222. The highest BCUT2D eigenvalue weighted by Gasteiger charge is 2.15. The lowest BCUT2D eigenvalue weighted by Gasteiger charge is -2.10. The molecule has 0 bridgehead atoms. The average molecular weight is 518 g/mol. The number of anilines is 1. The fraction of sp³-hybridized carbons (Fsp3) is 0.150. The van der Waals surface area contributed by atoms with Gasteiger partial charge in [-0.25, -0.2) is 0 Å². The van der Waals surface area contributed by atoms with Crippen molar-refractivity contribution in [3.05, 3.63) is 75.0 Å². The number of ether oxygens (including phenoxy) is 1. The quantitative estimate of drug-likeness (QED) is 0.263. The number of carbonyl (C=O) groups excluding carboxylic acids is 1. The Bertz CT molecular complexity index is 1110. The van der Waals surface area contributed by atoms with Crippen LogP contribution in [0.2, 0.25) is 20.1 Å². The molecule has 0 fully saturated rings. The molecule has 0 spiro atoms. The largest absolute Gasteiger partial charge is 0.484 e. The van der Waals surface area contributed by atoms with Gasteiger partial charge in [0.1, 0.15) is 12.4 Å². The first-order valence-electron chi connectivity index (χ1n) is 8.86. The second kappa shape index (κ2) is 11.1. The van der Waals surface area contributed by atoms with Gasteiger partial charge < -0.3 is 10.1 Å². The van der Waals surface area contributed by atoms with Crippen LogP contribution in [-0.4, -0.2) is 26.4 Å². The third-order valence-corrected chi connectivity index (χ3v) is 6.14. The number of nitrogens with zero attached hydrogens (tertiary/aromatic N) is 3. The maximum absolute atomic E-state index is 12.3. The standard InChI is InChI=1S/C20H16Cl4N4O2S/c1-2-7-28-18(10-30-17-8-12(21)3-5-15(17)23)26-27-20(28)31-11-19(29)25-13-4-6-14(22)16(24)9-13/h2-6,8-9H,1,7,10-11H2,(H,25,29). The number of thioether (sulfide) groups is 1. The summed E-state index contributed by atoms with van der Waals surface area (Å²) in [5.41, 5.74) is 0.556. The zero-order valence-electron chi connectivity index (χ0n) is 15.9. The third kappa shape index (κ3) is 6.54. The number of halogens is 4. The van der Waals surface area contributed by atoms with Crippen LogP contribution in [0.4, 0.5) is 5.69 Å². The van der Waals surface area contributed by atoms with E-state index in [9.17, 15) is 4.79 Å². The van der Waals surface area contributed by atoms with Crippen molar-refractivity contribution in [2.45, 2.75) is 18.3 Å². The van der Waals surface area contributed by atoms with Crippen LogP contribution in [0.15, 0.2) is 54.2 Å². The Balaban J connectivity index is 1.64. The lowest BCUT2D eigenvalue weighted by atomic mass is 10.3. The molecule has 0 saturated heterocycles. The highest BCUT2D eigenvalue weighted by atomic mass is 35.5. The van der Waals surface area contributed by atoms with Crippen molar-refractivity contribution in [2.75, 3.05) is 11.1 Å². The number of aromatic nitrogens is 3. The van der Waals surface area contributed by atoms with Gasteiger partial charge in [0.2, 0.25) is 5.91 Å². The fourth-order valence-corrected chi connectivity index (χ4v) is 3.88. The molecule has 0 saturated carbocycles. The van der Waals surface area contributed by atoms with Crippen LogP contribution >= 0.6 is 58.2 Å². The maximum Gasteiger partial charge on any atom is 0.234 e. The van der Waals surface area contributed by atoms with Gasteiger partial charge in [-0.15, -0.1) is 16.8 Å². The molecule has 1 heterocycles. The lowest BCUT2D eigenvalue weighted by molar-refractivity contribution is -0.113. The van der Waals surface area contributed by atoms with Crippen molar-refractivity contribution < 1.29 is 9.53 Å². The summed E-state index contributed by atoms with van der Waals surface area (Å²) >= 11 is 25.2. The second-order valence-corrected chi connectivity index (χ2v) is 8.73. The third-order valence-electron chi connectivity index (χ3n) is 3.89. The van der Waals surface area contributed by atoms with E-state index in [2.05, 4.69) is 22.1 Å². The topological polar surface area (TPSA) is 69.0 Å². The molecule has 0 unspecified atom stereocenters. The molecule has 162 valence electrons. The Morgan fingerprint density at radius 1 is 1.10 bits per heavy atom. The number of nitrogens with one attached hydrogen (secondary N) is 1. The van der Waals surface area contributed by atoms with Gasteiger partial charge in [-0.3, -0.25) is 9.36 Å². The van der Waals surface area contributed by atoms with Crippen molar-refractivity contribution in [3.8, 4) is 5.75 Å². The second-order valence-electron chi connectivity index (χ2n) is 6.13. The van der Waals surface area contributed by atoms with Gasteiger partial charge in [0, 0.05) is 23.3 Å². The first-order chi connectivity index (χ1) is 14.9. The lowest BCUT2D eigenvalue weighted by Crippen LogP contribution is -2.15. The van der Waals surface area contributed by atoms with Crippen molar-refractivity contribution in [3.63, 3.8) is 0 Å². The van der Waals surface area contributed by atoms with Crippen molar-refractivity contribution >= 4 is 69.8 Å². The molecular weight excluding hydrogens is 502 g/mol. The number of benzene rings is 2. The normalized spacial score (nSPS) is 10.7. The van der Waals surface area contributed by atoms with Crippen LogP contribution in [0.1, 0.15) is 5.82 Å². The van der Waals surface area contributed by atoms with Crippen LogP contribution < -0.4 is 10.1 Å². The van der Waals surface area contributed by atoms with Crippen molar-refractivity contribution in [1.29, 1.82) is 0 Å². The molecule has 1 amide bonds. The summed E-state index contributed by atoms with van der Waals surface area (Å²) in [5, 5.41) is 13.4. The monoisotopic (exact) mass is 516 g/mol. The highest BCUT2D eigenvalue weighted by Crippen LogP contribution is 2.29. The maximum atomic E-state index is 12.3. The molecule has 3 aromatic rings. The Kier molecular flexibility index (Phi) is 8.51. The van der Waals surface area contributed by atoms with Crippen LogP contribution in [0, 0.1) is 0 Å². The number of allylic oxidation sites excluding steroid dienone is 1. The van der Waals surface area contributed by atoms with Gasteiger partial charge in [0.15, 0.2) is 11.0 Å². The van der Waals surface area contributed by atoms with E-state index in [0.29, 0.717) is 49.1 Å². The summed E-state index contributed by atoms with van der Waals surface area (Å²) in [7, 11) is 0. The summed E-state index contributed by atoms with van der Waals surface area (Å²) in [6.07, 6.45) is 1.71. The molecule has 0 aliphatic rings. The van der Waals surface area contributed by atoms with Gasteiger partial charge in [0.25, 0.3) is 0 Å². The van der Waals surface area contributed by atoms with E-state index >= 15 is 0 Å². The predicted octanol–water partition coefficient (Wildman–Crippen LogP) is 6.39. The van der Waals surface area contributed by atoms with Crippen molar-refractivity contribution in [1.82, 2.24) is 14.8 Å². The minimum absolute atomic E-state index is 0.122. The average Bonchev–Trinajstić information content (AvgIpc) is 3.12. The fourth-order valence-electron chi connectivity index (χ4n) is 2.48. The van der Waals surface area contributed by atoms with E-state index in [1.807, 2.05) is 4.57 Å². The van der Waals surface area contributed by atoms with Gasteiger partial charge in [-0.1, -0.05) is 64.2 Å². The van der Waals surface area contributed by atoms with Crippen molar-refractivity contribution in [2.24, 2.45) is 0 Å². The SMILES string of the molecule is C=CCn1c(COc2cc(Cl)ccc2Cl)nnc1SCC(=O)Nc1ccc(Cl)c(Cl)c1. The van der Waals surface area contributed by atoms with Crippen LogP contribution in [0.3, 0.4) is 0 Å². The molecule has 31 heavy (non-hydrogen) atoms. The Morgan fingerprint density at radius 3 is 2.61 bits per heavy atom. The first-order valence-corrected chi connectivity index (χ1v) is 11.4. The molecule has 11 heteroatoms. The molecule has 0 aliphatic heterocycles.